The number of rotatable bonds is 7. The average Bonchev–Trinajstić information content (AvgIpc) is 2.95. The van der Waals surface area contributed by atoms with Crippen molar-refractivity contribution < 1.29 is 9.84 Å². The summed E-state index contributed by atoms with van der Waals surface area (Å²) in [6, 6.07) is 7.62. The van der Waals surface area contributed by atoms with Crippen molar-refractivity contribution in [1.82, 2.24) is 14.8 Å². The van der Waals surface area contributed by atoms with Crippen LogP contribution in [0.5, 0.6) is 5.75 Å². The molecule has 0 saturated carbocycles. The molecule has 3 N–H and O–H groups in total. The number of aromatic nitrogens is 3. The molecule has 0 amide bonds. The fraction of sp³-hybridized carbons (Fsp3) is 0.429. The summed E-state index contributed by atoms with van der Waals surface area (Å²) in [5.74, 6) is 2.06. The summed E-state index contributed by atoms with van der Waals surface area (Å²) in [5.41, 5.74) is 6.66. The van der Waals surface area contributed by atoms with Gasteiger partial charge in [0.05, 0.1) is 19.8 Å². The summed E-state index contributed by atoms with van der Waals surface area (Å²) >= 11 is 1.47. The predicted molar refractivity (Wildman–Crippen MR) is 82.8 cm³/mol. The number of aliphatic hydroxyl groups excluding tert-OH is 1. The third-order valence-electron chi connectivity index (χ3n) is 3.09. The molecule has 0 unspecified atom stereocenters. The lowest BCUT2D eigenvalue weighted by Crippen LogP contribution is -2.10. The van der Waals surface area contributed by atoms with Gasteiger partial charge in [0.25, 0.3) is 0 Å². The monoisotopic (exact) mass is 308 g/mol. The summed E-state index contributed by atoms with van der Waals surface area (Å²) in [5, 5.41) is 18.7. The van der Waals surface area contributed by atoms with Crippen LogP contribution < -0.4 is 10.5 Å². The molecule has 7 heteroatoms. The molecule has 0 aliphatic carbocycles. The van der Waals surface area contributed by atoms with E-state index in [1.165, 1.54) is 11.8 Å². The van der Waals surface area contributed by atoms with E-state index in [0.717, 1.165) is 16.6 Å². The van der Waals surface area contributed by atoms with Crippen molar-refractivity contribution in [3.63, 3.8) is 0 Å². The van der Waals surface area contributed by atoms with E-state index in [0.29, 0.717) is 24.5 Å². The molecular weight excluding hydrogens is 288 g/mol. The third-order valence-corrected chi connectivity index (χ3v) is 4.16. The number of hydrogen-bond donors (Lipinski definition) is 2. The highest BCUT2D eigenvalue weighted by atomic mass is 32.2. The van der Waals surface area contributed by atoms with E-state index in [4.69, 9.17) is 10.5 Å². The highest BCUT2D eigenvalue weighted by molar-refractivity contribution is 7.99. The molecule has 1 atom stereocenters. The molecule has 0 bridgehead atoms. The Morgan fingerprint density at radius 1 is 1.33 bits per heavy atom. The standard InChI is InChI=1S/C14H20N4O2S/c1-3-11(19)9-21-14-17-16-13(8-15)18(14)10-4-6-12(20-2)7-5-10/h4-7,11,19H,3,8-9,15H2,1-2H3/t11-/m1/s1. The summed E-state index contributed by atoms with van der Waals surface area (Å²) in [4.78, 5) is 0. The largest absolute Gasteiger partial charge is 0.497 e. The molecule has 1 aromatic heterocycles. The zero-order valence-electron chi connectivity index (χ0n) is 12.2. The first-order chi connectivity index (χ1) is 10.2. The number of thioether (sulfide) groups is 1. The van der Waals surface area contributed by atoms with E-state index in [1.807, 2.05) is 35.8 Å². The van der Waals surface area contributed by atoms with E-state index < -0.39 is 0 Å². The minimum absolute atomic E-state index is 0.302. The number of ether oxygens (including phenoxy) is 1. The highest BCUT2D eigenvalue weighted by Gasteiger charge is 2.14. The van der Waals surface area contributed by atoms with Gasteiger partial charge in [0.1, 0.15) is 5.75 Å². The van der Waals surface area contributed by atoms with Crippen LogP contribution in [0.2, 0.25) is 0 Å². The van der Waals surface area contributed by atoms with Crippen LogP contribution in [0.1, 0.15) is 19.2 Å². The topological polar surface area (TPSA) is 86.2 Å². The van der Waals surface area contributed by atoms with Gasteiger partial charge < -0.3 is 15.6 Å². The smallest absolute Gasteiger partial charge is 0.195 e. The lowest BCUT2D eigenvalue weighted by molar-refractivity contribution is 0.195. The minimum Gasteiger partial charge on any atom is -0.497 e. The molecule has 1 aromatic carbocycles. The molecule has 0 aliphatic heterocycles. The van der Waals surface area contributed by atoms with Crippen LogP contribution in [0.4, 0.5) is 0 Å². The first-order valence-electron chi connectivity index (χ1n) is 6.79. The van der Waals surface area contributed by atoms with E-state index in [9.17, 15) is 5.11 Å². The Labute approximate surface area is 128 Å². The fourth-order valence-electron chi connectivity index (χ4n) is 1.81. The number of aliphatic hydroxyl groups is 1. The molecular formula is C14H20N4O2S. The minimum atomic E-state index is -0.350. The van der Waals surface area contributed by atoms with E-state index in [1.54, 1.807) is 7.11 Å². The maximum atomic E-state index is 9.69. The molecule has 0 fully saturated rings. The first-order valence-corrected chi connectivity index (χ1v) is 7.77. The Kier molecular flexibility index (Phi) is 5.60. The van der Waals surface area contributed by atoms with Gasteiger partial charge in [-0.1, -0.05) is 18.7 Å². The van der Waals surface area contributed by atoms with Crippen molar-refractivity contribution in [1.29, 1.82) is 0 Å². The maximum absolute atomic E-state index is 9.69. The number of benzene rings is 1. The van der Waals surface area contributed by atoms with Crippen LogP contribution in [-0.2, 0) is 6.54 Å². The first kappa shape index (κ1) is 15.8. The van der Waals surface area contributed by atoms with Crippen molar-refractivity contribution in [2.45, 2.75) is 31.1 Å². The van der Waals surface area contributed by atoms with Gasteiger partial charge in [-0.25, -0.2) is 0 Å². The normalized spacial score (nSPS) is 12.4. The molecule has 0 spiro atoms. The number of nitrogens with two attached hydrogens (primary N) is 1. The van der Waals surface area contributed by atoms with Crippen molar-refractivity contribution in [2.24, 2.45) is 5.73 Å². The Morgan fingerprint density at radius 3 is 2.62 bits per heavy atom. The van der Waals surface area contributed by atoms with Crippen LogP contribution in [0.15, 0.2) is 29.4 Å². The summed E-state index contributed by atoms with van der Waals surface area (Å²) in [7, 11) is 1.63. The summed E-state index contributed by atoms with van der Waals surface area (Å²) < 4.78 is 7.07. The second kappa shape index (κ2) is 7.44. The molecule has 0 aliphatic rings. The van der Waals surface area contributed by atoms with Crippen molar-refractivity contribution in [3.05, 3.63) is 30.1 Å². The zero-order valence-corrected chi connectivity index (χ0v) is 13.0. The quantitative estimate of drug-likeness (QED) is 0.756. The SMILES string of the molecule is CC[C@@H](O)CSc1nnc(CN)n1-c1ccc(OC)cc1. The molecule has 21 heavy (non-hydrogen) atoms. The lowest BCUT2D eigenvalue weighted by Gasteiger charge is -2.11. The number of methoxy groups -OCH3 is 1. The molecule has 0 radical (unpaired) electrons. The molecule has 114 valence electrons. The molecule has 1 heterocycles. The Morgan fingerprint density at radius 2 is 2.05 bits per heavy atom. The average molecular weight is 308 g/mol. The highest BCUT2D eigenvalue weighted by Crippen LogP contribution is 2.24. The van der Waals surface area contributed by atoms with Gasteiger partial charge in [0.15, 0.2) is 11.0 Å². The molecule has 2 aromatic rings. The van der Waals surface area contributed by atoms with Gasteiger partial charge in [0.2, 0.25) is 0 Å². The predicted octanol–water partition coefficient (Wildman–Crippen LogP) is 1.60. The Bertz CT molecular complexity index is 571. The van der Waals surface area contributed by atoms with Crippen molar-refractivity contribution in [3.8, 4) is 11.4 Å². The van der Waals surface area contributed by atoms with Gasteiger partial charge >= 0.3 is 0 Å². The van der Waals surface area contributed by atoms with Crippen LogP contribution in [0.3, 0.4) is 0 Å². The van der Waals surface area contributed by atoms with Crippen molar-refractivity contribution >= 4 is 11.8 Å². The van der Waals surface area contributed by atoms with Gasteiger partial charge in [-0.2, -0.15) is 0 Å². The lowest BCUT2D eigenvalue weighted by atomic mass is 10.3. The number of nitrogens with zero attached hydrogens (tertiary/aromatic N) is 3. The van der Waals surface area contributed by atoms with Crippen LogP contribution in [-0.4, -0.2) is 38.8 Å². The zero-order chi connectivity index (χ0) is 15.2. The Hall–Kier alpha value is -1.57. The van der Waals surface area contributed by atoms with Gasteiger partial charge in [-0.3, -0.25) is 4.57 Å². The van der Waals surface area contributed by atoms with Gasteiger partial charge in [-0.05, 0) is 30.7 Å². The van der Waals surface area contributed by atoms with E-state index >= 15 is 0 Å². The van der Waals surface area contributed by atoms with E-state index in [-0.39, 0.29) is 6.10 Å². The second-order valence-electron chi connectivity index (χ2n) is 4.51. The van der Waals surface area contributed by atoms with Gasteiger partial charge in [0, 0.05) is 11.4 Å². The number of hydrogen-bond acceptors (Lipinski definition) is 6. The summed E-state index contributed by atoms with van der Waals surface area (Å²) in [6.07, 6.45) is 0.366. The maximum Gasteiger partial charge on any atom is 0.195 e. The van der Waals surface area contributed by atoms with Crippen LogP contribution in [0, 0.1) is 0 Å². The molecule has 6 nitrogen and oxygen atoms in total. The van der Waals surface area contributed by atoms with Crippen LogP contribution >= 0.6 is 11.8 Å². The third kappa shape index (κ3) is 3.75. The van der Waals surface area contributed by atoms with Gasteiger partial charge in [-0.15, -0.1) is 10.2 Å². The fourth-order valence-corrected chi connectivity index (χ4v) is 2.82. The second-order valence-corrected chi connectivity index (χ2v) is 5.50. The van der Waals surface area contributed by atoms with Crippen LogP contribution in [0.25, 0.3) is 5.69 Å². The Balaban J connectivity index is 2.28. The molecule has 0 saturated heterocycles. The van der Waals surface area contributed by atoms with E-state index in [2.05, 4.69) is 10.2 Å². The van der Waals surface area contributed by atoms with Crippen molar-refractivity contribution in [2.75, 3.05) is 12.9 Å². The molecule has 2 rings (SSSR count). The summed E-state index contributed by atoms with van der Waals surface area (Å²) in [6.45, 7) is 2.25.